The van der Waals surface area contributed by atoms with E-state index in [-0.39, 0.29) is 6.04 Å². The summed E-state index contributed by atoms with van der Waals surface area (Å²) in [6.07, 6.45) is 0.934. The van der Waals surface area contributed by atoms with Gasteiger partial charge in [-0.2, -0.15) is 0 Å². The van der Waals surface area contributed by atoms with Crippen molar-refractivity contribution in [3.63, 3.8) is 0 Å². The smallest absolute Gasteiger partial charge is 0.132 e. The maximum absolute atomic E-state index is 6.66. The summed E-state index contributed by atoms with van der Waals surface area (Å²) in [4.78, 5) is 3.85. The SMILES string of the molecule is C[C@@H]1Cc2c(-c3cccs3)c(OCc3ccccc3)cc(OCc3ccccc3)c2[C@@H](C)N1Cc1ccccc1. The van der Waals surface area contributed by atoms with Crippen LogP contribution in [0.1, 0.15) is 47.7 Å². The van der Waals surface area contributed by atoms with Gasteiger partial charge >= 0.3 is 0 Å². The maximum Gasteiger partial charge on any atom is 0.132 e. The third-order valence-electron chi connectivity index (χ3n) is 7.83. The minimum Gasteiger partial charge on any atom is -0.488 e. The summed E-state index contributed by atoms with van der Waals surface area (Å²) in [6.45, 7) is 6.62. The molecular weight excluding hydrogens is 510 g/mol. The summed E-state index contributed by atoms with van der Waals surface area (Å²) in [6, 6.07) is 38.6. The number of hydrogen-bond donors (Lipinski definition) is 0. The number of nitrogens with zero attached hydrogens (tertiary/aromatic N) is 1. The molecule has 3 nitrogen and oxygen atoms in total. The molecule has 1 aromatic heterocycles. The normalized spacial score (nSPS) is 16.9. The summed E-state index contributed by atoms with van der Waals surface area (Å²) in [5, 5.41) is 2.15. The Hall–Kier alpha value is -3.86. The predicted octanol–water partition coefficient (Wildman–Crippen LogP) is 9.08. The molecule has 0 bridgehead atoms. The number of fused-ring (bicyclic) bond motifs is 1. The Morgan fingerprint density at radius 1 is 0.700 bits per heavy atom. The molecule has 0 aliphatic carbocycles. The first kappa shape index (κ1) is 26.4. The Balaban J connectivity index is 1.44. The van der Waals surface area contributed by atoms with Gasteiger partial charge in [-0.3, -0.25) is 4.90 Å². The Bertz CT molecular complexity index is 1520. The molecule has 40 heavy (non-hydrogen) atoms. The third-order valence-corrected chi connectivity index (χ3v) is 8.72. The van der Waals surface area contributed by atoms with Crippen LogP contribution in [0.5, 0.6) is 11.5 Å². The first-order valence-electron chi connectivity index (χ1n) is 14.0. The molecule has 2 heterocycles. The first-order valence-corrected chi connectivity index (χ1v) is 14.9. The third kappa shape index (κ3) is 5.70. The average molecular weight is 546 g/mol. The van der Waals surface area contributed by atoms with Crippen molar-refractivity contribution in [2.24, 2.45) is 0 Å². The molecule has 4 heteroatoms. The van der Waals surface area contributed by atoms with E-state index in [1.165, 1.54) is 27.1 Å². The minimum atomic E-state index is 0.187. The Labute approximate surface area is 241 Å². The van der Waals surface area contributed by atoms with Gasteiger partial charge in [-0.15, -0.1) is 11.3 Å². The van der Waals surface area contributed by atoms with Crippen molar-refractivity contribution in [2.75, 3.05) is 0 Å². The van der Waals surface area contributed by atoms with E-state index in [0.29, 0.717) is 19.3 Å². The zero-order chi connectivity index (χ0) is 27.3. The lowest BCUT2D eigenvalue weighted by Crippen LogP contribution is -2.41. The van der Waals surface area contributed by atoms with Crippen LogP contribution >= 0.6 is 11.3 Å². The van der Waals surface area contributed by atoms with E-state index in [2.05, 4.69) is 121 Å². The van der Waals surface area contributed by atoms with E-state index in [4.69, 9.17) is 9.47 Å². The topological polar surface area (TPSA) is 21.7 Å². The number of thiophene rings is 1. The highest BCUT2D eigenvalue weighted by Gasteiger charge is 2.35. The van der Waals surface area contributed by atoms with Crippen molar-refractivity contribution in [1.82, 2.24) is 4.90 Å². The van der Waals surface area contributed by atoms with Crippen molar-refractivity contribution >= 4 is 11.3 Å². The quantitative estimate of drug-likeness (QED) is 0.184. The Morgan fingerprint density at radius 3 is 1.85 bits per heavy atom. The second-order valence-corrected chi connectivity index (χ2v) is 11.5. The molecule has 0 saturated heterocycles. The fraction of sp³-hybridized carbons (Fsp3) is 0.222. The van der Waals surface area contributed by atoms with Gasteiger partial charge in [-0.05, 0) is 54.0 Å². The number of ether oxygens (including phenoxy) is 2. The van der Waals surface area contributed by atoms with Crippen LogP contribution in [0.4, 0.5) is 0 Å². The lowest BCUT2D eigenvalue weighted by Gasteiger charge is -2.42. The highest BCUT2D eigenvalue weighted by atomic mass is 32.1. The molecule has 202 valence electrons. The van der Waals surface area contributed by atoms with E-state index in [1.54, 1.807) is 11.3 Å². The van der Waals surface area contributed by atoms with Crippen LogP contribution in [0.2, 0.25) is 0 Å². The van der Waals surface area contributed by atoms with Crippen LogP contribution < -0.4 is 9.47 Å². The summed E-state index contributed by atoms with van der Waals surface area (Å²) in [5.41, 5.74) is 7.48. The molecule has 0 spiro atoms. The summed E-state index contributed by atoms with van der Waals surface area (Å²) >= 11 is 1.77. The average Bonchev–Trinajstić information content (AvgIpc) is 3.53. The van der Waals surface area contributed by atoms with Crippen LogP contribution in [-0.4, -0.2) is 10.9 Å². The molecule has 5 aromatic rings. The van der Waals surface area contributed by atoms with E-state index in [1.807, 2.05) is 12.1 Å². The van der Waals surface area contributed by atoms with Gasteiger partial charge in [0.15, 0.2) is 0 Å². The van der Waals surface area contributed by atoms with Gasteiger partial charge in [0.1, 0.15) is 24.7 Å². The molecule has 6 rings (SSSR count). The largest absolute Gasteiger partial charge is 0.488 e. The standard InChI is InChI=1S/C36H35NO2S/c1-26-21-31-35(27(2)37(26)23-28-13-6-3-7-14-28)32(38-24-29-15-8-4-9-16-29)22-33(36(31)34-19-12-20-40-34)39-25-30-17-10-5-11-18-30/h3-20,22,26-27H,21,23-25H2,1-2H3/t26-,27-/m1/s1. The van der Waals surface area contributed by atoms with Crippen molar-refractivity contribution in [3.05, 3.63) is 142 Å². The zero-order valence-corrected chi connectivity index (χ0v) is 23.9. The van der Waals surface area contributed by atoms with E-state index in [0.717, 1.165) is 35.6 Å². The fourth-order valence-electron chi connectivity index (χ4n) is 5.81. The van der Waals surface area contributed by atoms with Crippen molar-refractivity contribution in [3.8, 4) is 21.9 Å². The van der Waals surface area contributed by atoms with E-state index >= 15 is 0 Å². The van der Waals surface area contributed by atoms with Gasteiger partial charge in [0.05, 0.1) is 0 Å². The lowest BCUT2D eigenvalue weighted by atomic mass is 9.84. The molecule has 0 unspecified atom stereocenters. The molecule has 0 fully saturated rings. The maximum atomic E-state index is 6.66. The van der Waals surface area contributed by atoms with E-state index in [9.17, 15) is 0 Å². The summed E-state index contributed by atoms with van der Waals surface area (Å²) < 4.78 is 13.3. The van der Waals surface area contributed by atoms with Gasteiger partial charge < -0.3 is 9.47 Å². The van der Waals surface area contributed by atoms with Gasteiger partial charge in [0.2, 0.25) is 0 Å². The monoisotopic (exact) mass is 545 g/mol. The molecule has 2 atom stereocenters. The molecule has 1 aliphatic heterocycles. The van der Waals surface area contributed by atoms with Crippen LogP contribution in [0.15, 0.2) is 115 Å². The molecule has 0 radical (unpaired) electrons. The lowest BCUT2D eigenvalue weighted by molar-refractivity contribution is 0.125. The number of hydrogen-bond acceptors (Lipinski definition) is 4. The van der Waals surface area contributed by atoms with Gasteiger partial charge in [-0.25, -0.2) is 0 Å². The molecule has 1 aliphatic rings. The van der Waals surface area contributed by atoms with Crippen molar-refractivity contribution in [2.45, 2.75) is 52.1 Å². The predicted molar refractivity (Wildman–Crippen MR) is 165 cm³/mol. The summed E-state index contributed by atoms with van der Waals surface area (Å²) in [7, 11) is 0. The van der Waals surface area contributed by atoms with Gasteiger partial charge in [-0.1, -0.05) is 97.1 Å². The highest BCUT2D eigenvalue weighted by molar-refractivity contribution is 7.13. The van der Waals surface area contributed by atoms with Gasteiger partial charge in [0.25, 0.3) is 0 Å². The number of rotatable bonds is 9. The fourth-order valence-corrected chi connectivity index (χ4v) is 6.62. The molecule has 0 saturated carbocycles. The molecule has 0 N–H and O–H groups in total. The second-order valence-electron chi connectivity index (χ2n) is 10.6. The van der Waals surface area contributed by atoms with Gasteiger partial charge in [0, 0.05) is 40.7 Å². The Morgan fingerprint density at radius 2 is 1.27 bits per heavy atom. The molecule has 0 amide bonds. The number of benzene rings is 4. The van der Waals surface area contributed by atoms with Crippen LogP contribution in [-0.2, 0) is 26.2 Å². The Kier molecular flexibility index (Phi) is 7.99. The highest BCUT2D eigenvalue weighted by Crippen LogP contribution is 2.49. The second kappa shape index (κ2) is 12.1. The van der Waals surface area contributed by atoms with Crippen LogP contribution in [0.25, 0.3) is 10.4 Å². The first-order chi connectivity index (χ1) is 19.7. The summed E-state index contributed by atoms with van der Waals surface area (Å²) in [5.74, 6) is 1.81. The minimum absolute atomic E-state index is 0.187. The van der Waals surface area contributed by atoms with Crippen LogP contribution in [0, 0.1) is 0 Å². The van der Waals surface area contributed by atoms with Crippen LogP contribution in [0.3, 0.4) is 0 Å². The van der Waals surface area contributed by atoms with E-state index < -0.39 is 0 Å². The van der Waals surface area contributed by atoms with Crippen molar-refractivity contribution in [1.29, 1.82) is 0 Å². The molecule has 4 aromatic carbocycles. The molecular formula is C36H35NO2S. The van der Waals surface area contributed by atoms with Crippen molar-refractivity contribution < 1.29 is 9.47 Å². The zero-order valence-electron chi connectivity index (χ0n) is 23.1.